The van der Waals surface area contributed by atoms with E-state index >= 15 is 0 Å². The van der Waals surface area contributed by atoms with Crippen molar-refractivity contribution in [2.75, 3.05) is 13.1 Å². The Labute approximate surface area is 170 Å². The highest BCUT2D eigenvalue weighted by molar-refractivity contribution is 5.95. The van der Waals surface area contributed by atoms with Gasteiger partial charge < -0.3 is 10.0 Å². The Kier molecular flexibility index (Phi) is 6.44. The largest absolute Gasteiger partial charge is 0.480 e. The van der Waals surface area contributed by atoms with Gasteiger partial charge in [0.05, 0.1) is 12.2 Å². The first-order chi connectivity index (χ1) is 13.9. The van der Waals surface area contributed by atoms with Crippen LogP contribution in [0, 0.1) is 13.8 Å². The van der Waals surface area contributed by atoms with E-state index in [1.807, 2.05) is 67.1 Å². The Morgan fingerprint density at radius 3 is 2.28 bits per heavy atom. The fourth-order valence-corrected chi connectivity index (χ4v) is 3.27. The van der Waals surface area contributed by atoms with Crippen molar-refractivity contribution in [3.8, 4) is 0 Å². The van der Waals surface area contributed by atoms with Gasteiger partial charge in [0.1, 0.15) is 6.54 Å². The first kappa shape index (κ1) is 20.3. The highest BCUT2D eigenvalue weighted by Crippen LogP contribution is 2.12. The van der Waals surface area contributed by atoms with Crippen LogP contribution in [0.3, 0.4) is 0 Å². The summed E-state index contributed by atoms with van der Waals surface area (Å²) in [5.74, 6) is -1.30. The number of benzene rings is 2. The number of aliphatic carboxylic acids is 1. The van der Waals surface area contributed by atoms with E-state index in [1.54, 1.807) is 12.1 Å². The first-order valence-corrected chi connectivity index (χ1v) is 9.57. The molecule has 6 nitrogen and oxygen atoms in total. The normalized spacial score (nSPS) is 10.7. The molecule has 0 aliphatic rings. The fraction of sp³-hybridized carbons (Fsp3) is 0.261. The molecule has 0 unspecified atom stereocenters. The lowest BCUT2D eigenvalue weighted by Crippen LogP contribution is -2.37. The smallest absolute Gasteiger partial charge is 0.323 e. The molecule has 1 amide bonds. The van der Waals surface area contributed by atoms with Crippen molar-refractivity contribution >= 4 is 11.9 Å². The van der Waals surface area contributed by atoms with Crippen LogP contribution >= 0.6 is 0 Å². The quantitative estimate of drug-likeness (QED) is 0.639. The summed E-state index contributed by atoms with van der Waals surface area (Å²) < 4.78 is 1.92. The van der Waals surface area contributed by atoms with Crippen molar-refractivity contribution in [1.29, 1.82) is 0 Å². The molecular weight excluding hydrogens is 366 g/mol. The number of aryl methyl sites for hydroxylation is 2. The number of aromatic nitrogens is 2. The minimum absolute atomic E-state index is 0.277. The summed E-state index contributed by atoms with van der Waals surface area (Å²) in [5.41, 5.74) is 4.63. The molecule has 0 bridgehead atoms. The molecule has 1 heterocycles. The van der Waals surface area contributed by atoms with Crippen LogP contribution in [0.25, 0.3) is 0 Å². The molecule has 0 radical (unpaired) electrons. The van der Waals surface area contributed by atoms with Gasteiger partial charge in [0, 0.05) is 17.8 Å². The summed E-state index contributed by atoms with van der Waals surface area (Å²) in [5, 5.41) is 13.7. The summed E-state index contributed by atoms with van der Waals surface area (Å²) in [4.78, 5) is 25.5. The molecule has 0 fully saturated rings. The van der Waals surface area contributed by atoms with Gasteiger partial charge in [0.25, 0.3) is 5.91 Å². The third kappa shape index (κ3) is 5.54. The van der Waals surface area contributed by atoms with Gasteiger partial charge >= 0.3 is 5.97 Å². The summed E-state index contributed by atoms with van der Waals surface area (Å²) in [6.07, 6.45) is 0.607. The molecule has 1 aromatic heterocycles. The number of nitrogens with zero attached hydrogens (tertiary/aromatic N) is 3. The molecule has 1 N–H and O–H groups in total. The molecule has 0 aliphatic heterocycles. The maximum Gasteiger partial charge on any atom is 0.323 e. The minimum atomic E-state index is -1.02. The topological polar surface area (TPSA) is 75.4 Å². The SMILES string of the molecule is Cc1cc(C)n(Cc2ccc(C(=O)N(CCc3ccccc3)CC(=O)O)cc2)n1. The number of rotatable bonds is 8. The molecule has 0 saturated heterocycles. The second kappa shape index (κ2) is 9.19. The van der Waals surface area contributed by atoms with Gasteiger partial charge in [0.15, 0.2) is 0 Å². The number of hydrogen-bond acceptors (Lipinski definition) is 3. The van der Waals surface area contributed by atoms with E-state index in [0.29, 0.717) is 25.1 Å². The van der Waals surface area contributed by atoms with Crippen molar-refractivity contribution < 1.29 is 14.7 Å². The number of carbonyl (C=O) groups is 2. The van der Waals surface area contributed by atoms with E-state index in [9.17, 15) is 14.7 Å². The first-order valence-electron chi connectivity index (χ1n) is 9.57. The zero-order valence-corrected chi connectivity index (χ0v) is 16.7. The van der Waals surface area contributed by atoms with Gasteiger partial charge in [0.2, 0.25) is 0 Å². The maximum atomic E-state index is 12.9. The molecule has 29 heavy (non-hydrogen) atoms. The van der Waals surface area contributed by atoms with Crippen molar-refractivity contribution in [1.82, 2.24) is 14.7 Å². The Balaban J connectivity index is 1.69. The van der Waals surface area contributed by atoms with E-state index < -0.39 is 5.97 Å². The Bertz CT molecular complexity index is 978. The fourth-order valence-electron chi connectivity index (χ4n) is 3.27. The summed E-state index contributed by atoms with van der Waals surface area (Å²) in [6, 6.07) is 19.0. The molecule has 3 aromatic rings. The van der Waals surface area contributed by atoms with E-state index in [1.165, 1.54) is 4.90 Å². The zero-order valence-electron chi connectivity index (χ0n) is 16.7. The average molecular weight is 391 g/mol. The summed E-state index contributed by atoms with van der Waals surface area (Å²) >= 11 is 0. The molecule has 0 atom stereocenters. The van der Waals surface area contributed by atoms with E-state index in [4.69, 9.17) is 0 Å². The van der Waals surface area contributed by atoms with Crippen LogP contribution in [0.15, 0.2) is 60.7 Å². The van der Waals surface area contributed by atoms with Gasteiger partial charge in [-0.25, -0.2) is 0 Å². The van der Waals surface area contributed by atoms with Gasteiger partial charge in [-0.15, -0.1) is 0 Å². The van der Waals surface area contributed by atoms with Gasteiger partial charge in [-0.05, 0) is 49.6 Å². The average Bonchev–Trinajstić information content (AvgIpc) is 3.02. The molecule has 3 rings (SSSR count). The predicted octanol–water partition coefficient (Wildman–Crippen LogP) is 3.32. The van der Waals surface area contributed by atoms with E-state index in [0.717, 1.165) is 22.5 Å². The maximum absolute atomic E-state index is 12.9. The number of carbonyl (C=O) groups excluding carboxylic acids is 1. The van der Waals surface area contributed by atoms with Crippen LogP contribution in [-0.4, -0.2) is 44.8 Å². The summed E-state index contributed by atoms with van der Waals surface area (Å²) in [6.45, 7) is 4.62. The number of carboxylic acids is 1. The van der Waals surface area contributed by atoms with E-state index in [-0.39, 0.29) is 12.5 Å². The third-order valence-electron chi connectivity index (χ3n) is 4.76. The Morgan fingerprint density at radius 1 is 1.00 bits per heavy atom. The van der Waals surface area contributed by atoms with Crippen LogP contribution in [0.4, 0.5) is 0 Å². The Morgan fingerprint density at radius 2 is 1.69 bits per heavy atom. The van der Waals surface area contributed by atoms with Gasteiger partial charge in [-0.3, -0.25) is 14.3 Å². The molecule has 150 valence electrons. The van der Waals surface area contributed by atoms with Gasteiger partial charge in [-0.2, -0.15) is 5.10 Å². The van der Waals surface area contributed by atoms with Gasteiger partial charge in [-0.1, -0.05) is 42.5 Å². The van der Waals surface area contributed by atoms with Crippen molar-refractivity contribution in [2.45, 2.75) is 26.8 Å². The molecular formula is C23H25N3O3. The van der Waals surface area contributed by atoms with Crippen LogP contribution < -0.4 is 0 Å². The lowest BCUT2D eigenvalue weighted by molar-refractivity contribution is -0.137. The lowest BCUT2D eigenvalue weighted by Gasteiger charge is -2.21. The van der Waals surface area contributed by atoms with Crippen molar-refractivity contribution in [3.05, 3.63) is 88.7 Å². The monoisotopic (exact) mass is 391 g/mol. The van der Waals surface area contributed by atoms with Crippen LogP contribution in [0.2, 0.25) is 0 Å². The molecule has 2 aromatic carbocycles. The standard InChI is InChI=1S/C23H25N3O3/c1-17-14-18(2)26(24-17)15-20-8-10-21(11-9-20)23(29)25(16-22(27)28)13-12-19-6-4-3-5-7-19/h3-11,14H,12-13,15-16H2,1-2H3,(H,27,28). The molecule has 0 spiro atoms. The highest BCUT2D eigenvalue weighted by atomic mass is 16.4. The number of carboxylic acid groups (broad SMARTS) is 1. The van der Waals surface area contributed by atoms with Crippen LogP contribution in [-0.2, 0) is 17.8 Å². The zero-order chi connectivity index (χ0) is 20.8. The molecule has 6 heteroatoms. The van der Waals surface area contributed by atoms with Crippen molar-refractivity contribution in [2.24, 2.45) is 0 Å². The third-order valence-corrected chi connectivity index (χ3v) is 4.76. The van der Waals surface area contributed by atoms with E-state index in [2.05, 4.69) is 5.10 Å². The summed E-state index contributed by atoms with van der Waals surface area (Å²) in [7, 11) is 0. The highest BCUT2D eigenvalue weighted by Gasteiger charge is 2.18. The minimum Gasteiger partial charge on any atom is -0.480 e. The number of amides is 1. The second-order valence-corrected chi connectivity index (χ2v) is 7.14. The van der Waals surface area contributed by atoms with Crippen LogP contribution in [0.5, 0.6) is 0 Å². The molecule has 0 aliphatic carbocycles. The van der Waals surface area contributed by atoms with Crippen molar-refractivity contribution in [3.63, 3.8) is 0 Å². The molecule has 0 saturated carbocycles. The van der Waals surface area contributed by atoms with Crippen LogP contribution in [0.1, 0.15) is 32.9 Å². The number of hydrogen-bond donors (Lipinski definition) is 1. The lowest BCUT2D eigenvalue weighted by atomic mass is 10.1. The second-order valence-electron chi connectivity index (χ2n) is 7.14. The Hall–Kier alpha value is -3.41. The predicted molar refractivity (Wildman–Crippen MR) is 111 cm³/mol.